The molecule has 0 aliphatic heterocycles. The van der Waals surface area contributed by atoms with E-state index in [0.29, 0.717) is 6.42 Å². The molecule has 0 unspecified atom stereocenters. The average molecular weight is 190 g/mol. The van der Waals surface area contributed by atoms with Gasteiger partial charge in [-0.1, -0.05) is 12.2 Å². The summed E-state index contributed by atoms with van der Waals surface area (Å²) in [5.74, 6) is -0.139. The number of allylic oxidation sites excluding steroid dienone is 6. The summed E-state index contributed by atoms with van der Waals surface area (Å²) in [7, 11) is 0. The zero-order valence-corrected chi connectivity index (χ0v) is 7.94. The maximum atomic E-state index is 13.1. The molecule has 0 saturated carbocycles. The van der Waals surface area contributed by atoms with Crippen LogP contribution in [0, 0.1) is 6.92 Å². The molecule has 72 valence electrons. The Morgan fingerprint density at radius 1 is 1.50 bits per heavy atom. The van der Waals surface area contributed by atoms with Crippen LogP contribution in [0.4, 0.5) is 4.39 Å². The van der Waals surface area contributed by atoms with Gasteiger partial charge in [0.05, 0.1) is 5.70 Å². The van der Waals surface area contributed by atoms with Crippen LogP contribution in [-0.4, -0.2) is 9.78 Å². The van der Waals surface area contributed by atoms with E-state index in [1.807, 2.05) is 25.1 Å². The van der Waals surface area contributed by atoms with Crippen molar-refractivity contribution in [1.82, 2.24) is 9.78 Å². The van der Waals surface area contributed by atoms with E-state index in [1.54, 1.807) is 17.0 Å². The molecule has 1 aromatic heterocycles. The van der Waals surface area contributed by atoms with E-state index < -0.39 is 0 Å². The lowest BCUT2D eigenvalue weighted by Gasteiger charge is -2.03. The summed E-state index contributed by atoms with van der Waals surface area (Å²) in [6.45, 7) is 1.94. The van der Waals surface area contributed by atoms with E-state index >= 15 is 0 Å². The lowest BCUT2D eigenvalue weighted by Crippen LogP contribution is -1.98. The van der Waals surface area contributed by atoms with Crippen molar-refractivity contribution in [3.8, 4) is 0 Å². The molecule has 0 spiro atoms. The fourth-order valence-corrected chi connectivity index (χ4v) is 1.39. The molecule has 1 aliphatic carbocycles. The maximum Gasteiger partial charge on any atom is 0.106 e. The SMILES string of the molecule is Cc1ccnn1C1=CC=CCC(F)=C1. The second-order valence-corrected chi connectivity index (χ2v) is 3.20. The molecule has 0 saturated heterocycles. The third kappa shape index (κ3) is 1.66. The van der Waals surface area contributed by atoms with Crippen molar-refractivity contribution in [2.75, 3.05) is 0 Å². The number of halogens is 1. The van der Waals surface area contributed by atoms with Crippen molar-refractivity contribution in [1.29, 1.82) is 0 Å². The summed E-state index contributed by atoms with van der Waals surface area (Å²) in [5, 5.41) is 4.12. The molecular weight excluding hydrogens is 179 g/mol. The summed E-state index contributed by atoms with van der Waals surface area (Å²) >= 11 is 0. The largest absolute Gasteiger partial charge is 0.238 e. The van der Waals surface area contributed by atoms with Gasteiger partial charge in [0, 0.05) is 18.3 Å². The first kappa shape index (κ1) is 8.94. The molecule has 1 aliphatic rings. The van der Waals surface area contributed by atoms with Gasteiger partial charge in [-0.15, -0.1) is 0 Å². The van der Waals surface area contributed by atoms with Crippen LogP contribution in [0.5, 0.6) is 0 Å². The highest BCUT2D eigenvalue weighted by Crippen LogP contribution is 2.17. The Kier molecular flexibility index (Phi) is 2.31. The first-order chi connectivity index (χ1) is 6.77. The summed E-state index contributed by atoms with van der Waals surface area (Å²) < 4.78 is 14.9. The Morgan fingerprint density at radius 3 is 3.07 bits per heavy atom. The highest BCUT2D eigenvalue weighted by Gasteiger charge is 2.04. The van der Waals surface area contributed by atoms with Crippen LogP contribution in [0.25, 0.3) is 5.70 Å². The van der Waals surface area contributed by atoms with Gasteiger partial charge in [-0.05, 0) is 25.1 Å². The van der Waals surface area contributed by atoms with Gasteiger partial charge < -0.3 is 0 Å². The first-order valence-corrected chi connectivity index (χ1v) is 4.51. The van der Waals surface area contributed by atoms with Gasteiger partial charge in [0.1, 0.15) is 5.83 Å². The van der Waals surface area contributed by atoms with Gasteiger partial charge in [-0.3, -0.25) is 0 Å². The molecule has 0 amide bonds. The van der Waals surface area contributed by atoms with Gasteiger partial charge in [0.15, 0.2) is 0 Å². The van der Waals surface area contributed by atoms with E-state index in [-0.39, 0.29) is 5.83 Å². The predicted molar refractivity (Wildman–Crippen MR) is 54.2 cm³/mol. The number of hydrogen-bond donors (Lipinski definition) is 0. The molecule has 0 bridgehead atoms. The average Bonchev–Trinajstić information content (AvgIpc) is 2.45. The number of nitrogens with zero attached hydrogens (tertiary/aromatic N) is 2. The molecule has 1 heterocycles. The minimum absolute atomic E-state index is 0.139. The molecule has 2 nitrogen and oxygen atoms in total. The summed E-state index contributed by atoms with van der Waals surface area (Å²) in [5.41, 5.74) is 1.76. The third-order valence-corrected chi connectivity index (χ3v) is 2.10. The minimum atomic E-state index is -0.139. The number of rotatable bonds is 1. The maximum absolute atomic E-state index is 13.1. The number of aromatic nitrogens is 2. The molecular formula is C11H11FN2. The standard InChI is InChI=1S/C11H11FN2/c1-9-6-7-13-14(9)11-5-3-2-4-10(12)8-11/h2-3,5-8H,4H2,1H3. The molecule has 0 atom stereocenters. The molecule has 0 radical (unpaired) electrons. The van der Waals surface area contributed by atoms with Crippen molar-refractivity contribution in [2.24, 2.45) is 0 Å². The quantitative estimate of drug-likeness (QED) is 0.665. The second-order valence-electron chi connectivity index (χ2n) is 3.20. The van der Waals surface area contributed by atoms with E-state index in [0.717, 1.165) is 11.4 Å². The molecule has 14 heavy (non-hydrogen) atoms. The van der Waals surface area contributed by atoms with Gasteiger partial charge in [-0.2, -0.15) is 5.10 Å². The van der Waals surface area contributed by atoms with Crippen LogP contribution in [-0.2, 0) is 0 Å². The Morgan fingerprint density at radius 2 is 2.36 bits per heavy atom. The van der Waals surface area contributed by atoms with Crippen molar-refractivity contribution in [2.45, 2.75) is 13.3 Å². The Labute approximate surface area is 82.0 Å². The van der Waals surface area contributed by atoms with Crippen LogP contribution < -0.4 is 0 Å². The van der Waals surface area contributed by atoms with E-state index in [1.165, 1.54) is 6.08 Å². The lowest BCUT2D eigenvalue weighted by atomic mass is 10.3. The molecule has 2 rings (SSSR count). The van der Waals surface area contributed by atoms with Crippen LogP contribution in [0.3, 0.4) is 0 Å². The van der Waals surface area contributed by atoms with Crippen LogP contribution >= 0.6 is 0 Å². The minimum Gasteiger partial charge on any atom is -0.238 e. The van der Waals surface area contributed by atoms with Crippen molar-refractivity contribution in [3.05, 3.63) is 48.1 Å². The van der Waals surface area contributed by atoms with Crippen LogP contribution in [0.1, 0.15) is 12.1 Å². The third-order valence-electron chi connectivity index (χ3n) is 2.10. The van der Waals surface area contributed by atoms with E-state index in [2.05, 4.69) is 5.10 Å². The van der Waals surface area contributed by atoms with Gasteiger partial charge >= 0.3 is 0 Å². The molecule has 1 aromatic rings. The zero-order valence-electron chi connectivity index (χ0n) is 7.94. The highest BCUT2D eigenvalue weighted by atomic mass is 19.1. The molecule has 0 fully saturated rings. The summed E-state index contributed by atoms with van der Waals surface area (Å²) in [6.07, 6.45) is 9.07. The Bertz CT molecular complexity index is 424. The topological polar surface area (TPSA) is 17.8 Å². The summed E-state index contributed by atoms with van der Waals surface area (Å²) in [6, 6.07) is 1.89. The van der Waals surface area contributed by atoms with Crippen LogP contribution in [0.2, 0.25) is 0 Å². The van der Waals surface area contributed by atoms with Crippen molar-refractivity contribution < 1.29 is 4.39 Å². The van der Waals surface area contributed by atoms with E-state index in [4.69, 9.17) is 0 Å². The van der Waals surface area contributed by atoms with Crippen LogP contribution in [0.15, 0.2) is 42.4 Å². The first-order valence-electron chi connectivity index (χ1n) is 4.51. The normalized spacial score (nSPS) is 16.1. The smallest absolute Gasteiger partial charge is 0.106 e. The van der Waals surface area contributed by atoms with E-state index in [9.17, 15) is 4.39 Å². The molecule has 0 N–H and O–H groups in total. The highest BCUT2D eigenvalue weighted by molar-refractivity contribution is 5.60. The van der Waals surface area contributed by atoms with Gasteiger partial charge in [0.2, 0.25) is 0 Å². The van der Waals surface area contributed by atoms with Gasteiger partial charge in [-0.25, -0.2) is 9.07 Å². The number of hydrogen-bond acceptors (Lipinski definition) is 1. The fourth-order valence-electron chi connectivity index (χ4n) is 1.39. The Balaban J connectivity index is 2.44. The van der Waals surface area contributed by atoms with Crippen molar-refractivity contribution in [3.63, 3.8) is 0 Å². The molecule has 0 aromatic carbocycles. The van der Waals surface area contributed by atoms with Crippen molar-refractivity contribution >= 4 is 5.70 Å². The fraction of sp³-hybridized carbons (Fsp3) is 0.182. The molecule has 3 heteroatoms. The lowest BCUT2D eigenvalue weighted by molar-refractivity contribution is 0.618. The Hall–Kier alpha value is -1.64. The second kappa shape index (κ2) is 3.62. The number of aryl methyl sites for hydroxylation is 1. The monoisotopic (exact) mass is 190 g/mol. The predicted octanol–water partition coefficient (Wildman–Crippen LogP) is 2.85. The zero-order chi connectivity index (χ0) is 9.97. The van der Waals surface area contributed by atoms with Gasteiger partial charge in [0.25, 0.3) is 0 Å². The summed E-state index contributed by atoms with van der Waals surface area (Å²) in [4.78, 5) is 0.